The minimum absolute atomic E-state index is 0.00202. The van der Waals surface area contributed by atoms with Crippen molar-refractivity contribution in [2.45, 2.75) is 9.92 Å². The molecule has 0 unspecified atom stereocenters. The maximum atomic E-state index is 8.58. The number of aromatic nitrogens is 2. The van der Waals surface area contributed by atoms with Gasteiger partial charge in [-0.2, -0.15) is 0 Å². The number of nitrogens with two attached hydrogens (primary N) is 1. The first-order valence-corrected chi connectivity index (χ1v) is 5.64. The molecule has 86 valence electrons. The van der Waals surface area contributed by atoms with Crippen molar-refractivity contribution < 1.29 is 5.21 Å². The van der Waals surface area contributed by atoms with Gasteiger partial charge < -0.3 is 10.9 Å². The second-order valence-corrected chi connectivity index (χ2v) is 4.23. The molecule has 6 heteroatoms. The maximum Gasteiger partial charge on any atom is 0.188 e. The van der Waals surface area contributed by atoms with Gasteiger partial charge in [0.2, 0.25) is 0 Å². The molecule has 0 saturated carbocycles. The fraction of sp³-hybridized carbons (Fsp3) is 0. The summed E-state index contributed by atoms with van der Waals surface area (Å²) in [4.78, 5) is 9.24. The van der Waals surface area contributed by atoms with Crippen LogP contribution < -0.4 is 5.73 Å². The Morgan fingerprint density at radius 3 is 2.71 bits per heavy atom. The molecule has 0 saturated heterocycles. The van der Waals surface area contributed by atoms with E-state index in [9.17, 15) is 0 Å². The number of rotatable bonds is 3. The zero-order chi connectivity index (χ0) is 12.1. The number of nitrogens with zero attached hydrogens (tertiary/aromatic N) is 3. The van der Waals surface area contributed by atoms with E-state index in [2.05, 4.69) is 15.1 Å². The lowest BCUT2D eigenvalue weighted by atomic mass is 10.3. The number of amidine groups is 1. The van der Waals surface area contributed by atoms with Crippen LogP contribution in [0.1, 0.15) is 5.69 Å². The van der Waals surface area contributed by atoms with Gasteiger partial charge in [-0.05, 0) is 24.3 Å². The largest absolute Gasteiger partial charge is 0.409 e. The van der Waals surface area contributed by atoms with Crippen LogP contribution in [0, 0.1) is 0 Å². The Hall–Kier alpha value is -2.08. The summed E-state index contributed by atoms with van der Waals surface area (Å²) in [6.07, 6.45) is 3.44. The summed E-state index contributed by atoms with van der Waals surface area (Å²) in [5.74, 6) is 0.00202. The van der Waals surface area contributed by atoms with Crippen LogP contribution in [-0.4, -0.2) is 21.0 Å². The Bertz CT molecular complexity index is 530. The quantitative estimate of drug-likeness (QED) is 0.373. The summed E-state index contributed by atoms with van der Waals surface area (Å²) in [6.45, 7) is 0. The molecule has 0 aromatic carbocycles. The average Bonchev–Trinajstić information content (AvgIpc) is 2.39. The molecule has 2 heterocycles. The average molecular weight is 246 g/mol. The van der Waals surface area contributed by atoms with E-state index in [0.717, 1.165) is 9.92 Å². The lowest BCUT2D eigenvalue weighted by Gasteiger charge is -2.02. The monoisotopic (exact) mass is 246 g/mol. The highest BCUT2D eigenvalue weighted by molar-refractivity contribution is 7.99. The van der Waals surface area contributed by atoms with E-state index in [1.54, 1.807) is 18.5 Å². The van der Waals surface area contributed by atoms with Gasteiger partial charge in [-0.25, -0.2) is 4.98 Å². The highest BCUT2D eigenvalue weighted by Crippen LogP contribution is 2.24. The lowest BCUT2D eigenvalue weighted by Crippen LogP contribution is -2.14. The van der Waals surface area contributed by atoms with Gasteiger partial charge in [-0.3, -0.25) is 4.98 Å². The van der Waals surface area contributed by atoms with Crippen molar-refractivity contribution in [3.05, 3.63) is 48.4 Å². The summed E-state index contributed by atoms with van der Waals surface area (Å²) in [5, 5.41) is 12.3. The Labute approximate surface area is 102 Å². The van der Waals surface area contributed by atoms with Crippen LogP contribution in [0.5, 0.6) is 0 Å². The zero-order valence-corrected chi connectivity index (χ0v) is 9.63. The van der Waals surface area contributed by atoms with Gasteiger partial charge in [-0.15, -0.1) is 0 Å². The van der Waals surface area contributed by atoms with Crippen LogP contribution in [0.2, 0.25) is 0 Å². The number of pyridine rings is 2. The second-order valence-electron chi connectivity index (χ2n) is 3.13. The van der Waals surface area contributed by atoms with Crippen LogP contribution in [-0.2, 0) is 0 Å². The molecule has 0 fully saturated rings. The van der Waals surface area contributed by atoms with Gasteiger partial charge in [0.25, 0.3) is 0 Å². The van der Waals surface area contributed by atoms with Gasteiger partial charge in [0.1, 0.15) is 10.7 Å². The lowest BCUT2D eigenvalue weighted by molar-refractivity contribution is 0.318. The van der Waals surface area contributed by atoms with Crippen molar-refractivity contribution in [3.8, 4) is 0 Å². The Balaban J connectivity index is 2.23. The highest BCUT2D eigenvalue weighted by atomic mass is 32.2. The van der Waals surface area contributed by atoms with E-state index in [4.69, 9.17) is 10.9 Å². The van der Waals surface area contributed by atoms with Crippen molar-refractivity contribution in [1.82, 2.24) is 9.97 Å². The van der Waals surface area contributed by atoms with Crippen LogP contribution in [0.15, 0.2) is 57.8 Å². The van der Waals surface area contributed by atoms with Gasteiger partial charge in [0.15, 0.2) is 5.84 Å². The van der Waals surface area contributed by atoms with Gasteiger partial charge in [0.05, 0.1) is 0 Å². The molecule has 3 N–H and O–H groups in total. The van der Waals surface area contributed by atoms with Gasteiger partial charge in [0, 0.05) is 17.3 Å². The fourth-order valence-electron chi connectivity index (χ4n) is 1.19. The molecule has 0 bridgehead atoms. The Kier molecular flexibility index (Phi) is 3.56. The highest BCUT2D eigenvalue weighted by Gasteiger charge is 2.03. The van der Waals surface area contributed by atoms with Crippen molar-refractivity contribution in [2.24, 2.45) is 10.9 Å². The first-order chi connectivity index (χ1) is 8.29. The minimum atomic E-state index is 0.00202. The third-order valence-corrected chi connectivity index (χ3v) is 2.91. The van der Waals surface area contributed by atoms with Crippen molar-refractivity contribution in [1.29, 1.82) is 0 Å². The third-order valence-electron chi connectivity index (χ3n) is 1.97. The van der Waals surface area contributed by atoms with Crippen molar-refractivity contribution >= 4 is 17.6 Å². The summed E-state index contributed by atoms with van der Waals surface area (Å²) >= 11 is 1.49. The van der Waals surface area contributed by atoms with Crippen LogP contribution in [0.4, 0.5) is 0 Å². The summed E-state index contributed by atoms with van der Waals surface area (Å²) in [5.41, 5.74) is 5.93. The molecule has 17 heavy (non-hydrogen) atoms. The molecule has 0 radical (unpaired) electrons. The predicted octanol–water partition coefficient (Wildman–Crippen LogP) is 1.72. The second kappa shape index (κ2) is 5.31. The number of hydrogen-bond donors (Lipinski definition) is 2. The van der Waals surface area contributed by atoms with E-state index in [1.807, 2.05) is 24.3 Å². The molecular weight excluding hydrogens is 236 g/mol. The van der Waals surface area contributed by atoms with Crippen LogP contribution in [0.25, 0.3) is 0 Å². The van der Waals surface area contributed by atoms with E-state index in [0.29, 0.717) is 5.69 Å². The first-order valence-electron chi connectivity index (χ1n) is 4.82. The fourth-order valence-corrected chi connectivity index (χ4v) is 1.98. The topological polar surface area (TPSA) is 84.4 Å². The van der Waals surface area contributed by atoms with Gasteiger partial charge in [-0.1, -0.05) is 23.0 Å². The van der Waals surface area contributed by atoms with Crippen LogP contribution >= 0.6 is 11.8 Å². The molecule has 0 aliphatic rings. The smallest absolute Gasteiger partial charge is 0.188 e. The molecule has 5 nitrogen and oxygen atoms in total. The van der Waals surface area contributed by atoms with Gasteiger partial charge >= 0.3 is 0 Å². The van der Waals surface area contributed by atoms with E-state index in [-0.39, 0.29) is 5.84 Å². The standard InChI is InChI=1S/C11H10N4OS/c12-11(15-16)9-2-1-3-10(14-9)17-8-4-6-13-7-5-8/h1-7,16H,(H2,12,15). The maximum absolute atomic E-state index is 8.58. The first kappa shape index (κ1) is 11.4. The molecule has 0 amide bonds. The normalized spacial score (nSPS) is 11.4. The molecule has 0 aliphatic heterocycles. The molecule has 0 spiro atoms. The van der Waals surface area contributed by atoms with Crippen molar-refractivity contribution in [3.63, 3.8) is 0 Å². The summed E-state index contributed by atoms with van der Waals surface area (Å²) in [7, 11) is 0. The van der Waals surface area contributed by atoms with E-state index < -0.39 is 0 Å². The third kappa shape index (κ3) is 2.94. The van der Waals surface area contributed by atoms with E-state index in [1.165, 1.54) is 11.8 Å². The van der Waals surface area contributed by atoms with E-state index >= 15 is 0 Å². The summed E-state index contributed by atoms with van der Waals surface area (Å²) < 4.78 is 0. The molecular formula is C11H10N4OS. The summed E-state index contributed by atoms with van der Waals surface area (Å²) in [6, 6.07) is 9.14. The Morgan fingerprint density at radius 1 is 1.24 bits per heavy atom. The SMILES string of the molecule is NC(=NO)c1cccc(Sc2ccncc2)n1. The predicted molar refractivity (Wildman–Crippen MR) is 65.1 cm³/mol. The molecule has 2 aromatic rings. The number of oxime groups is 1. The molecule has 2 rings (SSSR count). The molecule has 0 atom stereocenters. The molecule has 2 aromatic heterocycles. The number of hydrogen-bond acceptors (Lipinski definition) is 5. The Morgan fingerprint density at radius 2 is 2.00 bits per heavy atom. The zero-order valence-electron chi connectivity index (χ0n) is 8.82. The van der Waals surface area contributed by atoms with Crippen molar-refractivity contribution in [2.75, 3.05) is 0 Å². The minimum Gasteiger partial charge on any atom is -0.409 e. The molecule has 0 aliphatic carbocycles. The van der Waals surface area contributed by atoms with Crippen LogP contribution in [0.3, 0.4) is 0 Å².